The molecule has 4 rings (SSSR count). The Kier molecular flexibility index (Phi) is 4.93. The zero-order valence-corrected chi connectivity index (χ0v) is 15.4. The van der Waals surface area contributed by atoms with Gasteiger partial charge in [0.15, 0.2) is 11.5 Å². The van der Waals surface area contributed by atoms with Crippen LogP contribution in [-0.4, -0.2) is 29.0 Å². The van der Waals surface area contributed by atoms with E-state index in [2.05, 4.69) is 68.7 Å². The molecule has 3 aromatic rings. The molecule has 0 aliphatic carbocycles. The number of nitrogens with zero attached hydrogens (tertiary/aromatic N) is 3. The molecular weight excluding hydrogens is 358 g/mol. The van der Waals surface area contributed by atoms with Crippen LogP contribution in [0.4, 0.5) is 17.2 Å². The van der Waals surface area contributed by atoms with Crippen molar-refractivity contribution in [1.82, 2.24) is 15.3 Å². The van der Waals surface area contributed by atoms with E-state index in [4.69, 9.17) is 5.73 Å². The fourth-order valence-corrected chi connectivity index (χ4v) is 4.16. The summed E-state index contributed by atoms with van der Waals surface area (Å²) in [4.78, 5) is 24.9. The molecule has 7 heteroatoms. The first-order chi connectivity index (χ1) is 13.2. The molecule has 3 N–H and O–H groups in total. The molecule has 0 spiro atoms. The number of carbonyl (C=O) groups excluding carboxylic acids is 1. The summed E-state index contributed by atoms with van der Waals surface area (Å²) in [5.74, 6) is -0.151. The molecule has 0 saturated heterocycles. The number of rotatable bonds is 5. The summed E-state index contributed by atoms with van der Waals surface area (Å²) in [5, 5.41) is 2.87. The van der Waals surface area contributed by atoms with Crippen LogP contribution in [0.25, 0.3) is 0 Å². The Morgan fingerprint density at radius 2 is 1.63 bits per heavy atom. The molecule has 1 amide bonds. The molecule has 0 radical (unpaired) electrons. The van der Waals surface area contributed by atoms with E-state index < -0.39 is 0 Å². The number of aromatic nitrogens is 2. The van der Waals surface area contributed by atoms with E-state index in [1.165, 1.54) is 33.6 Å². The maximum atomic E-state index is 12.2. The summed E-state index contributed by atoms with van der Waals surface area (Å²) < 4.78 is 0. The molecule has 2 aromatic carbocycles. The molecule has 0 saturated carbocycles. The number of carbonyl (C=O) groups is 1. The van der Waals surface area contributed by atoms with E-state index >= 15 is 0 Å². The maximum Gasteiger partial charge on any atom is 0.273 e. The van der Waals surface area contributed by atoms with Crippen molar-refractivity contribution in [2.45, 2.75) is 16.2 Å². The smallest absolute Gasteiger partial charge is 0.273 e. The van der Waals surface area contributed by atoms with E-state index in [0.29, 0.717) is 6.54 Å². The molecule has 2 heterocycles. The zero-order valence-electron chi connectivity index (χ0n) is 14.6. The highest BCUT2D eigenvalue weighted by Crippen LogP contribution is 2.47. The molecule has 1 aliphatic heterocycles. The Bertz CT molecular complexity index is 932. The highest BCUT2D eigenvalue weighted by atomic mass is 32.2. The Balaban J connectivity index is 1.43. The minimum absolute atomic E-state index is 0.144. The van der Waals surface area contributed by atoms with Crippen molar-refractivity contribution < 1.29 is 4.79 Å². The number of benzene rings is 2. The molecule has 0 unspecified atom stereocenters. The maximum absolute atomic E-state index is 12.2. The number of nitrogens with one attached hydrogen (secondary N) is 1. The standard InChI is InChI=1S/C20H19N5OS/c21-19-18(22-11-12-23-19)20(26)24-10-5-13-25-14-6-1-3-8-16(14)27-17-9-4-2-7-15(17)25/h1-4,6-9,11-12H,5,10,13H2,(H2,21,23)(H,24,26). The SMILES string of the molecule is Nc1nccnc1C(=O)NCCCN1c2ccccc2Sc2ccccc21. The van der Waals surface area contributed by atoms with E-state index in [0.717, 1.165) is 13.0 Å². The summed E-state index contributed by atoms with van der Waals surface area (Å²) in [5.41, 5.74) is 8.27. The molecule has 1 aliphatic rings. The average Bonchev–Trinajstić information content (AvgIpc) is 2.70. The summed E-state index contributed by atoms with van der Waals surface area (Å²) in [7, 11) is 0. The molecule has 1 aromatic heterocycles. The monoisotopic (exact) mass is 377 g/mol. The Hall–Kier alpha value is -3.06. The quantitative estimate of drug-likeness (QED) is 0.662. The summed E-state index contributed by atoms with van der Waals surface area (Å²) in [6, 6.07) is 16.8. The predicted octanol–water partition coefficient (Wildman–Crippen LogP) is 3.48. The van der Waals surface area contributed by atoms with E-state index in [9.17, 15) is 4.79 Å². The number of anilines is 3. The first kappa shape index (κ1) is 17.4. The number of hydrogen-bond donors (Lipinski definition) is 2. The van der Waals surface area contributed by atoms with Crippen molar-refractivity contribution in [3.63, 3.8) is 0 Å². The number of hydrogen-bond acceptors (Lipinski definition) is 6. The number of para-hydroxylation sites is 2. The van der Waals surface area contributed by atoms with Crippen molar-refractivity contribution in [3.8, 4) is 0 Å². The van der Waals surface area contributed by atoms with Gasteiger partial charge < -0.3 is 16.0 Å². The van der Waals surface area contributed by atoms with Crippen LogP contribution in [0.15, 0.2) is 70.7 Å². The molecule has 0 bridgehead atoms. The lowest BCUT2D eigenvalue weighted by molar-refractivity contribution is 0.0949. The minimum Gasteiger partial charge on any atom is -0.382 e. The molecule has 6 nitrogen and oxygen atoms in total. The third-order valence-electron chi connectivity index (χ3n) is 4.32. The molecular formula is C20H19N5OS. The Morgan fingerprint density at radius 1 is 1.00 bits per heavy atom. The van der Waals surface area contributed by atoms with Gasteiger partial charge in [-0.1, -0.05) is 36.0 Å². The molecule has 0 atom stereocenters. The van der Waals surface area contributed by atoms with Crippen molar-refractivity contribution in [1.29, 1.82) is 0 Å². The number of amides is 1. The molecule has 136 valence electrons. The van der Waals surface area contributed by atoms with Gasteiger partial charge in [0, 0.05) is 35.3 Å². The lowest BCUT2D eigenvalue weighted by Crippen LogP contribution is -2.30. The fraction of sp³-hybridized carbons (Fsp3) is 0.150. The van der Waals surface area contributed by atoms with Crippen LogP contribution >= 0.6 is 11.8 Å². The van der Waals surface area contributed by atoms with Crippen LogP contribution < -0.4 is 16.0 Å². The number of fused-ring (bicyclic) bond motifs is 2. The summed E-state index contributed by atoms with van der Waals surface area (Å²) in [6.45, 7) is 1.33. The van der Waals surface area contributed by atoms with Gasteiger partial charge in [-0.15, -0.1) is 0 Å². The van der Waals surface area contributed by atoms with Crippen LogP contribution in [0, 0.1) is 0 Å². The molecule has 0 fully saturated rings. The number of nitrogens with two attached hydrogens (primary N) is 1. The van der Waals surface area contributed by atoms with Gasteiger partial charge in [0.2, 0.25) is 0 Å². The van der Waals surface area contributed by atoms with Crippen LogP contribution in [0.5, 0.6) is 0 Å². The van der Waals surface area contributed by atoms with Crippen LogP contribution in [0.2, 0.25) is 0 Å². The third kappa shape index (κ3) is 3.59. The van der Waals surface area contributed by atoms with E-state index in [1.807, 2.05) is 0 Å². The van der Waals surface area contributed by atoms with Gasteiger partial charge in [-0.2, -0.15) is 0 Å². The van der Waals surface area contributed by atoms with Crippen LogP contribution in [0.1, 0.15) is 16.9 Å². The van der Waals surface area contributed by atoms with Gasteiger partial charge >= 0.3 is 0 Å². The van der Waals surface area contributed by atoms with Gasteiger partial charge in [0.25, 0.3) is 5.91 Å². The zero-order chi connectivity index (χ0) is 18.6. The minimum atomic E-state index is -0.296. The lowest BCUT2D eigenvalue weighted by Gasteiger charge is -2.32. The van der Waals surface area contributed by atoms with Crippen molar-refractivity contribution in [2.75, 3.05) is 23.7 Å². The first-order valence-corrected chi connectivity index (χ1v) is 9.54. The van der Waals surface area contributed by atoms with Crippen molar-refractivity contribution >= 4 is 34.9 Å². The van der Waals surface area contributed by atoms with Crippen LogP contribution in [0.3, 0.4) is 0 Å². The summed E-state index contributed by atoms with van der Waals surface area (Å²) in [6.07, 6.45) is 3.72. The fourth-order valence-electron chi connectivity index (χ4n) is 3.07. The lowest BCUT2D eigenvalue weighted by atomic mass is 10.2. The number of nitrogen functional groups attached to an aromatic ring is 1. The van der Waals surface area contributed by atoms with E-state index in [1.54, 1.807) is 11.8 Å². The van der Waals surface area contributed by atoms with Gasteiger partial charge in [-0.3, -0.25) is 4.79 Å². The second kappa shape index (κ2) is 7.67. The second-order valence-electron chi connectivity index (χ2n) is 6.09. The van der Waals surface area contributed by atoms with Gasteiger partial charge in [0.05, 0.1) is 11.4 Å². The summed E-state index contributed by atoms with van der Waals surface area (Å²) >= 11 is 1.79. The van der Waals surface area contributed by atoms with Gasteiger partial charge in [0.1, 0.15) is 0 Å². The largest absolute Gasteiger partial charge is 0.382 e. The van der Waals surface area contributed by atoms with Crippen LogP contribution in [-0.2, 0) is 0 Å². The Morgan fingerprint density at radius 3 is 2.30 bits per heavy atom. The van der Waals surface area contributed by atoms with Gasteiger partial charge in [-0.05, 0) is 30.7 Å². The van der Waals surface area contributed by atoms with E-state index in [-0.39, 0.29) is 17.4 Å². The second-order valence-corrected chi connectivity index (χ2v) is 7.17. The Labute approximate surface area is 161 Å². The first-order valence-electron chi connectivity index (χ1n) is 8.72. The third-order valence-corrected chi connectivity index (χ3v) is 5.45. The predicted molar refractivity (Wildman–Crippen MR) is 107 cm³/mol. The van der Waals surface area contributed by atoms with Crippen molar-refractivity contribution in [3.05, 3.63) is 66.6 Å². The normalized spacial score (nSPS) is 12.2. The highest BCUT2D eigenvalue weighted by molar-refractivity contribution is 7.99. The highest BCUT2D eigenvalue weighted by Gasteiger charge is 2.22. The van der Waals surface area contributed by atoms with Gasteiger partial charge in [-0.25, -0.2) is 9.97 Å². The average molecular weight is 377 g/mol. The molecule has 27 heavy (non-hydrogen) atoms. The van der Waals surface area contributed by atoms with Crippen molar-refractivity contribution in [2.24, 2.45) is 0 Å². The topological polar surface area (TPSA) is 84.1 Å².